The second-order valence-corrected chi connectivity index (χ2v) is 6.45. The summed E-state index contributed by atoms with van der Waals surface area (Å²) in [5.41, 5.74) is 1.37. The average molecular weight is 400 g/mol. The van der Waals surface area contributed by atoms with Gasteiger partial charge in [-0.2, -0.15) is 0 Å². The SMILES string of the molecule is O=C(OCCO)C1C(=O)/C(=C/c2c[nH]c3ncccc23)OC1=NN1CCOCC1. The van der Waals surface area contributed by atoms with Crippen molar-refractivity contribution in [1.29, 1.82) is 0 Å². The van der Waals surface area contributed by atoms with E-state index in [0.29, 0.717) is 37.5 Å². The molecule has 4 heterocycles. The maximum atomic E-state index is 12.9. The first-order chi connectivity index (χ1) is 14.2. The molecule has 2 saturated heterocycles. The van der Waals surface area contributed by atoms with Crippen LogP contribution in [-0.4, -0.2) is 77.3 Å². The van der Waals surface area contributed by atoms with Gasteiger partial charge in [0.25, 0.3) is 0 Å². The van der Waals surface area contributed by atoms with Gasteiger partial charge in [0.1, 0.15) is 12.3 Å². The number of H-pyrrole nitrogens is 1. The number of aliphatic hydroxyl groups excluding tert-OH is 1. The van der Waals surface area contributed by atoms with Gasteiger partial charge in [0.2, 0.25) is 17.6 Å². The molecule has 2 aromatic heterocycles. The van der Waals surface area contributed by atoms with Crippen LogP contribution in [0.3, 0.4) is 0 Å². The third-order valence-electron chi connectivity index (χ3n) is 4.53. The van der Waals surface area contributed by atoms with E-state index in [1.807, 2.05) is 6.07 Å². The molecule has 2 aliphatic heterocycles. The normalized spacial score (nSPS) is 22.4. The van der Waals surface area contributed by atoms with Gasteiger partial charge in [0, 0.05) is 23.3 Å². The van der Waals surface area contributed by atoms with Gasteiger partial charge in [-0.05, 0) is 18.2 Å². The van der Waals surface area contributed by atoms with Gasteiger partial charge in [0.15, 0.2) is 5.76 Å². The van der Waals surface area contributed by atoms with E-state index < -0.39 is 17.7 Å². The summed E-state index contributed by atoms with van der Waals surface area (Å²) in [4.78, 5) is 32.6. The van der Waals surface area contributed by atoms with Gasteiger partial charge in [0.05, 0.1) is 32.9 Å². The number of ketones is 1. The molecule has 2 aliphatic rings. The first kappa shape index (κ1) is 19.1. The number of nitrogens with zero attached hydrogens (tertiary/aromatic N) is 3. The number of nitrogens with one attached hydrogen (secondary N) is 1. The van der Waals surface area contributed by atoms with Crippen molar-refractivity contribution in [3.8, 4) is 0 Å². The van der Waals surface area contributed by atoms with Crippen LogP contribution in [0, 0.1) is 5.92 Å². The number of esters is 1. The zero-order chi connectivity index (χ0) is 20.2. The van der Waals surface area contributed by atoms with Crippen molar-refractivity contribution in [3.63, 3.8) is 0 Å². The fourth-order valence-corrected chi connectivity index (χ4v) is 3.12. The second kappa shape index (κ2) is 8.41. The van der Waals surface area contributed by atoms with Crippen LogP contribution < -0.4 is 0 Å². The van der Waals surface area contributed by atoms with E-state index in [2.05, 4.69) is 15.1 Å². The molecule has 4 rings (SSSR count). The highest BCUT2D eigenvalue weighted by Crippen LogP contribution is 2.28. The summed E-state index contributed by atoms with van der Waals surface area (Å²) in [6.07, 6.45) is 4.92. The molecule has 0 bridgehead atoms. The largest absolute Gasteiger partial charge is 0.462 e. The van der Waals surface area contributed by atoms with Crippen molar-refractivity contribution in [2.45, 2.75) is 0 Å². The first-order valence-electron chi connectivity index (χ1n) is 9.22. The number of ether oxygens (including phenoxy) is 3. The number of Topliss-reactive ketones (excluding diaryl/α,β-unsaturated/α-hetero) is 1. The molecule has 1 atom stereocenters. The van der Waals surface area contributed by atoms with Crippen LogP contribution in [-0.2, 0) is 23.8 Å². The predicted molar refractivity (Wildman–Crippen MR) is 102 cm³/mol. The molecule has 0 amide bonds. The molecule has 0 radical (unpaired) electrons. The molecule has 2 aromatic rings. The lowest BCUT2D eigenvalue weighted by Gasteiger charge is -2.24. The van der Waals surface area contributed by atoms with Gasteiger partial charge in [-0.15, -0.1) is 5.10 Å². The minimum atomic E-state index is -1.31. The molecule has 10 heteroatoms. The minimum Gasteiger partial charge on any atom is -0.462 e. The number of pyridine rings is 1. The van der Waals surface area contributed by atoms with Crippen LogP contribution in [0.2, 0.25) is 0 Å². The lowest BCUT2D eigenvalue weighted by atomic mass is 10.0. The standard InChI is InChI=1S/C19H20N4O6/c24-6-9-28-19(26)15-16(25)14(29-18(15)22-23-4-7-27-8-5-23)10-12-11-21-17-13(12)2-1-3-20-17/h1-3,10-11,15,24H,4-9H2,(H,20,21)/b14-10-,22-18?. The molecular weight excluding hydrogens is 380 g/mol. The van der Waals surface area contributed by atoms with Crippen molar-refractivity contribution >= 4 is 34.8 Å². The maximum Gasteiger partial charge on any atom is 0.326 e. The quantitative estimate of drug-likeness (QED) is 0.417. The Bertz CT molecular complexity index is 976. The van der Waals surface area contributed by atoms with Crippen LogP contribution in [0.25, 0.3) is 17.1 Å². The molecule has 0 aliphatic carbocycles. The molecular formula is C19H20N4O6. The Kier molecular flexibility index (Phi) is 5.54. The van der Waals surface area contributed by atoms with Crippen LogP contribution >= 0.6 is 0 Å². The summed E-state index contributed by atoms with van der Waals surface area (Å²) in [5.74, 6) is -2.70. The second-order valence-electron chi connectivity index (χ2n) is 6.45. The highest BCUT2D eigenvalue weighted by molar-refractivity contribution is 6.27. The summed E-state index contributed by atoms with van der Waals surface area (Å²) in [6.45, 7) is 1.49. The molecule has 2 N–H and O–H groups in total. The summed E-state index contributed by atoms with van der Waals surface area (Å²) in [6, 6.07) is 3.65. The average Bonchev–Trinajstić information content (AvgIpc) is 3.28. The Balaban J connectivity index is 1.66. The minimum absolute atomic E-state index is 0.00675. The molecule has 29 heavy (non-hydrogen) atoms. The van der Waals surface area contributed by atoms with E-state index in [4.69, 9.17) is 19.3 Å². The molecule has 2 fully saturated rings. The zero-order valence-corrected chi connectivity index (χ0v) is 15.5. The number of carbonyl (C=O) groups excluding carboxylic acids is 2. The number of hydrazone groups is 1. The van der Waals surface area contributed by atoms with Crippen LogP contribution in [0.5, 0.6) is 0 Å². The molecule has 0 spiro atoms. The van der Waals surface area contributed by atoms with E-state index in [0.717, 1.165) is 5.39 Å². The fraction of sp³-hybridized carbons (Fsp3) is 0.368. The summed E-state index contributed by atoms with van der Waals surface area (Å²) in [7, 11) is 0. The van der Waals surface area contributed by atoms with E-state index in [1.165, 1.54) is 0 Å². The first-order valence-corrected chi connectivity index (χ1v) is 9.22. The summed E-state index contributed by atoms with van der Waals surface area (Å²) >= 11 is 0. The highest BCUT2D eigenvalue weighted by Gasteiger charge is 2.45. The number of aliphatic hydroxyl groups is 1. The maximum absolute atomic E-state index is 12.9. The lowest BCUT2D eigenvalue weighted by Crippen LogP contribution is -2.35. The summed E-state index contributed by atoms with van der Waals surface area (Å²) in [5, 5.41) is 15.8. The topological polar surface area (TPSA) is 126 Å². The predicted octanol–water partition coefficient (Wildman–Crippen LogP) is 0.300. The van der Waals surface area contributed by atoms with E-state index in [-0.39, 0.29) is 24.9 Å². The molecule has 0 saturated carbocycles. The fourth-order valence-electron chi connectivity index (χ4n) is 3.12. The number of fused-ring (bicyclic) bond motifs is 1. The lowest BCUT2D eigenvalue weighted by molar-refractivity contribution is -0.148. The van der Waals surface area contributed by atoms with E-state index in [1.54, 1.807) is 29.5 Å². The van der Waals surface area contributed by atoms with Gasteiger partial charge >= 0.3 is 5.97 Å². The molecule has 0 aromatic carbocycles. The van der Waals surface area contributed by atoms with Crippen LogP contribution in [0.15, 0.2) is 35.4 Å². The zero-order valence-electron chi connectivity index (χ0n) is 15.5. The van der Waals surface area contributed by atoms with Gasteiger partial charge < -0.3 is 24.3 Å². The highest BCUT2D eigenvalue weighted by atomic mass is 16.6. The van der Waals surface area contributed by atoms with E-state index in [9.17, 15) is 9.59 Å². The number of rotatable bonds is 5. The number of allylic oxidation sites excluding steroid dienone is 1. The van der Waals surface area contributed by atoms with Crippen molar-refractivity contribution in [2.75, 3.05) is 39.5 Å². The third-order valence-corrected chi connectivity index (χ3v) is 4.53. The van der Waals surface area contributed by atoms with Crippen molar-refractivity contribution in [3.05, 3.63) is 35.8 Å². The number of hydrogen-bond donors (Lipinski definition) is 2. The van der Waals surface area contributed by atoms with Gasteiger partial charge in [-0.3, -0.25) is 14.6 Å². The Morgan fingerprint density at radius 2 is 2.28 bits per heavy atom. The van der Waals surface area contributed by atoms with Crippen molar-refractivity contribution in [1.82, 2.24) is 15.0 Å². The molecule has 152 valence electrons. The Morgan fingerprint density at radius 1 is 1.45 bits per heavy atom. The van der Waals surface area contributed by atoms with E-state index >= 15 is 0 Å². The van der Waals surface area contributed by atoms with Crippen LogP contribution in [0.1, 0.15) is 5.56 Å². The number of aromatic amines is 1. The Morgan fingerprint density at radius 3 is 3.07 bits per heavy atom. The Labute approximate surface area is 165 Å². The summed E-state index contributed by atoms with van der Waals surface area (Å²) < 4.78 is 15.9. The van der Waals surface area contributed by atoms with Crippen molar-refractivity contribution in [2.24, 2.45) is 11.0 Å². The Hall–Kier alpha value is -3.24. The van der Waals surface area contributed by atoms with Crippen LogP contribution in [0.4, 0.5) is 0 Å². The monoisotopic (exact) mass is 400 g/mol. The van der Waals surface area contributed by atoms with Gasteiger partial charge in [-0.1, -0.05) is 0 Å². The molecule has 10 nitrogen and oxygen atoms in total. The van der Waals surface area contributed by atoms with Crippen molar-refractivity contribution < 1.29 is 28.9 Å². The number of morpholine rings is 1. The number of hydrogen-bond acceptors (Lipinski definition) is 9. The third kappa shape index (κ3) is 3.98. The number of carbonyl (C=O) groups is 2. The number of aromatic nitrogens is 2. The smallest absolute Gasteiger partial charge is 0.326 e. The van der Waals surface area contributed by atoms with Gasteiger partial charge in [-0.25, -0.2) is 4.98 Å². The molecule has 1 unspecified atom stereocenters.